The third kappa shape index (κ3) is 5.43. The zero-order valence-electron chi connectivity index (χ0n) is 5.33. The van der Waals surface area contributed by atoms with E-state index in [1.165, 1.54) is 0 Å². The SMILES string of the molecule is O=C(O)CCCC(=O)NS. The first-order chi connectivity index (χ1) is 4.66. The Morgan fingerprint density at radius 3 is 2.40 bits per heavy atom. The molecule has 10 heavy (non-hydrogen) atoms. The van der Waals surface area contributed by atoms with Gasteiger partial charge >= 0.3 is 5.97 Å². The van der Waals surface area contributed by atoms with Gasteiger partial charge in [0.15, 0.2) is 0 Å². The molecule has 0 atom stereocenters. The normalized spacial score (nSPS) is 8.90. The number of carbonyl (C=O) groups excluding carboxylic acids is 1. The van der Waals surface area contributed by atoms with E-state index < -0.39 is 5.97 Å². The number of carboxylic acids is 1. The molecule has 0 aliphatic carbocycles. The second kappa shape index (κ2) is 5.10. The molecule has 0 aliphatic rings. The Labute approximate surface area is 64.2 Å². The molecule has 0 rings (SSSR count). The second-order valence-electron chi connectivity index (χ2n) is 1.78. The van der Waals surface area contributed by atoms with E-state index in [1.807, 2.05) is 0 Å². The summed E-state index contributed by atoms with van der Waals surface area (Å²) in [5.41, 5.74) is 0. The van der Waals surface area contributed by atoms with E-state index in [-0.39, 0.29) is 18.7 Å². The molecule has 0 unspecified atom stereocenters. The van der Waals surface area contributed by atoms with Crippen LogP contribution in [-0.4, -0.2) is 17.0 Å². The highest BCUT2D eigenvalue weighted by Gasteiger charge is 2.00. The molecule has 0 aromatic heterocycles. The van der Waals surface area contributed by atoms with Crippen molar-refractivity contribution in [2.24, 2.45) is 0 Å². The van der Waals surface area contributed by atoms with Crippen molar-refractivity contribution in [3.05, 3.63) is 0 Å². The number of amides is 1. The van der Waals surface area contributed by atoms with Gasteiger partial charge in [-0.15, -0.1) is 0 Å². The van der Waals surface area contributed by atoms with Gasteiger partial charge in [-0.25, -0.2) is 0 Å². The summed E-state index contributed by atoms with van der Waals surface area (Å²) < 4.78 is 2.10. The van der Waals surface area contributed by atoms with Gasteiger partial charge in [-0.3, -0.25) is 9.59 Å². The van der Waals surface area contributed by atoms with Gasteiger partial charge in [-0.1, -0.05) is 12.8 Å². The molecule has 0 saturated heterocycles. The second-order valence-corrected chi connectivity index (χ2v) is 2.01. The highest BCUT2D eigenvalue weighted by molar-refractivity contribution is 7.78. The highest BCUT2D eigenvalue weighted by Crippen LogP contribution is 1.94. The van der Waals surface area contributed by atoms with E-state index >= 15 is 0 Å². The van der Waals surface area contributed by atoms with Crippen LogP contribution in [0.4, 0.5) is 0 Å². The van der Waals surface area contributed by atoms with Gasteiger partial charge in [-0.05, 0) is 6.42 Å². The monoisotopic (exact) mass is 163 g/mol. The van der Waals surface area contributed by atoms with Crippen molar-refractivity contribution < 1.29 is 14.7 Å². The van der Waals surface area contributed by atoms with Gasteiger partial charge in [0.25, 0.3) is 0 Å². The van der Waals surface area contributed by atoms with E-state index in [4.69, 9.17) is 5.11 Å². The number of carboxylic acid groups (broad SMARTS) is 1. The molecule has 0 saturated carbocycles. The summed E-state index contributed by atoms with van der Waals surface area (Å²) in [6, 6.07) is 0. The van der Waals surface area contributed by atoms with Crippen molar-refractivity contribution in [2.45, 2.75) is 19.3 Å². The lowest BCUT2D eigenvalue weighted by atomic mass is 10.2. The fourth-order valence-corrected chi connectivity index (χ4v) is 0.568. The molecule has 0 bridgehead atoms. The molecule has 4 nitrogen and oxygen atoms in total. The number of hydrogen-bond donors (Lipinski definition) is 3. The van der Waals surface area contributed by atoms with Crippen molar-refractivity contribution in [3.63, 3.8) is 0 Å². The van der Waals surface area contributed by atoms with E-state index in [2.05, 4.69) is 17.5 Å². The Morgan fingerprint density at radius 1 is 1.40 bits per heavy atom. The maximum Gasteiger partial charge on any atom is 0.303 e. The highest BCUT2D eigenvalue weighted by atomic mass is 32.1. The molecule has 0 aromatic carbocycles. The van der Waals surface area contributed by atoms with E-state index in [1.54, 1.807) is 0 Å². The first-order valence-corrected chi connectivity index (χ1v) is 3.26. The number of thiol groups is 1. The number of nitrogens with one attached hydrogen (secondary N) is 1. The first-order valence-electron chi connectivity index (χ1n) is 2.81. The zero-order valence-corrected chi connectivity index (χ0v) is 6.23. The molecule has 0 spiro atoms. The fraction of sp³-hybridized carbons (Fsp3) is 0.600. The van der Waals surface area contributed by atoms with Crippen LogP contribution in [0.25, 0.3) is 0 Å². The molecule has 58 valence electrons. The van der Waals surface area contributed by atoms with Crippen LogP contribution in [0, 0.1) is 0 Å². The standard InChI is InChI=1S/C5H9NO3S/c7-4(6-10)2-1-3-5(8)9/h10H,1-3H2,(H,6,7)(H,8,9). The molecule has 0 fully saturated rings. The summed E-state index contributed by atoms with van der Waals surface area (Å²) >= 11 is 3.49. The van der Waals surface area contributed by atoms with Gasteiger partial charge in [-0.2, -0.15) is 0 Å². The summed E-state index contributed by atoms with van der Waals surface area (Å²) in [5.74, 6) is -1.13. The summed E-state index contributed by atoms with van der Waals surface area (Å²) in [5, 5.41) is 8.15. The van der Waals surface area contributed by atoms with Crippen molar-refractivity contribution in [1.29, 1.82) is 0 Å². The average Bonchev–Trinajstić information content (AvgIpc) is 1.87. The Hall–Kier alpha value is -0.710. The minimum Gasteiger partial charge on any atom is -0.481 e. The lowest BCUT2D eigenvalue weighted by Crippen LogP contribution is -2.12. The maximum absolute atomic E-state index is 10.4. The van der Waals surface area contributed by atoms with E-state index in [0.29, 0.717) is 6.42 Å². The molecule has 1 amide bonds. The summed E-state index contributed by atoms with van der Waals surface area (Å²) in [7, 11) is 0. The first kappa shape index (κ1) is 9.29. The fourth-order valence-electron chi connectivity index (χ4n) is 0.456. The van der Waals surface area contributed by atoms with Crippen LogP contribution < -0.4 is 4.72 Å². The number of aliphatic carboxylic acids is 1. The van der Waals surface area contributed by atoms with Gasteiger partial charge in [0.2, 0.25) is 5.91 Å². The third-order valence-corrected chi connectivity index (χ3v) is 1.17. The van der Waals surface area contributed by atoms with E-state index in [0.717, 1.165) is 0 Å². The lowest BCUT2D eigenvalue weighted by molar-refractivity contribution is -0.137. The Morgan fingerprint density at radius 2 is 2.00 bits per heavy atom. The van der Waals surface area contributed by atoms with Crippen molar-refractivity contribution in [2.75, 3.05) is 0 Å². The van der Waals surface area contributed by atoms with Crippen molar-refractivity contribution in [1.82, 2.24) is 4.72 Å². The van der Waals surface area contributed by atoms with Crippen LogP contribution in [-0.2, 0) is 9.59 Å². The predicted molar refractivity (Wildman–Crippen MR) is 38.6 cm³/mol. The van der Waals surface area contributed by atoms with Gasteiger partial charge in [0.05, 0.1) is 0 Å². The van der Waals surface area contributed by atoms with E-state index in [9.17, 15) is 9.59 Å². The van der Waals surface area contributed by atoms with Crippen LogP contribution >= 0.6 is 12.8 Å². The van der Waals surface area contributed by atoms with Gasteiger partial charge in [0.1, 0.15) is 0 Å². The summed E-state index contributed by atoms with van der Waals surface area (Å²) in [6.45, 7) is 0. The number of hydrogen-bond acceptors (Lipinski definition) is 3. The minimum absolute atomic E-state index is 0.0290. The molecular weight excluding hydrogens is 154 g/mol. The summed E-state index contributed by atoms with van der Waals surface area (Å²) in [4.78, 5) is 20.3. The topological polar surface area (TPSA) is 66.4 Å². The molecule has 2 N–H and O–H groups in total. The number of carbonyl (C=O) groups is 2. The Bertz CT molecular complexity index is 137. The average molecular weight is 163 g/mol. The van der Waals surface area contributed by atoms with Crippen LogP contribution in [0.1, 0.15) is 19.3 Å². The Balaban J connectivity index is 3.20. The van der Waals surface area contributed by atoms with Gasteiger partial charge < -0.3 is 9.83 Å². The largest absolute Gasteiger partial charge is 0.481 e. The van der Waals surface area contributed by atoms with Crippen LogP contribution in [0.15, 0.2) is 0 Å². The zero-order chi connectivity index (χ0) is 7.98. The number of rotatable bonds is 4. The molecule has 0 radical (unpaired) electrons. The van der Waals surface area contributed by atoms with Crippen LogP contribution in [0.5, 0.6) is 0 Å². The van der Waals surface area contributed by atoms with Crippen LogP contribution in [0.3, 0.4) is 0 Å². The van der Waals surface area contributed by atoms with Crippen molar-refractivity contribution in [3.8, 4) is 0 Å². The van der Waals surface area contributed by atoms with Crippen molar-refractivity contribution >= 4 is 24.7 Å². The molecular formula is C5H9NO3S. The lowest BCUT2D eigenvalue weighted by Gasteiger charge is -1.94. The Kier molecular flexibility index (Phi) is 4.74. The quantitative estimate of drug-likeness (QED) is 0.519. The maximum atomic E-state index is 10.4. The third-order valence-electron chi connectivity index (χ3n) is 0.919. The van der Waals surface area contributed by atoms with Crippen LogP contribution in [0.2, 0.25) is 0 Å². The smallest absolute Gasteiger partial charge is 0.303 e. The molecule has 5 heteroatoms. The molecule has 0 heterocycles. The molecule has 0 aromatic rings. The predicted octanol–water partition coefficient (Wildman–Crippen LogP) is 0.202. The minimum atomic E-state index is -0.882. The summed E-state index contributed by atoms with van der Waals surface area (Å²) in [6.07, 6.45) is 0.610. The molecule has 0 aliphatic heterocycles. The van der Waals surface area contributed by atoms with Gasteiger partial charge in [0, 0.05) is 12.8 Å².